The van der Waals surface area contributed by atoms with E-state index < -0.39 is 17.8 Å². The lowest BCUT2D eigenvalue weighted by Crippen LogP contribution is -2.31. The predicted molar refractivity (Wildman–Crippen MR) is 175 cm³/mol. The largest absolute Gasteiger partial charge is 0.469 e. The Morgan fingerprint density at radius 2 is 1.67 bits per heavy atom. The van der Waals surface area contributed by atoms with Gasteiger partial charge in [0.15, 0.2) is 6.29 Å². The van der Waals surface area contributed by atoms with Crippen LogP contribution in [-0.2, 0) is 25.5 Å². The Labute approximate surface area is 266 Å². The maximum Gasteiger partial charge on any atom is 0.342 e. The number of hydrogen-bond donors (Lipinski definition) is 4. The second kappa shape index (κ2) is 11.7. The average molecular weight is 623 g/mol. The summed E-state index contributed by atoms with van der Waals surface area (Å²) in [5.41, 5.74) is 8.65. The SMILES string of the molecule is C=Cc1c2[nH]c(c1C)C=C1NC(C3=C(C(=O)OC)C(=O)c4c3[nH]c(c4C)C=c3[nH]c(c(C=O)c3CC)=C2)[C@@H](CCC(=O)OC)[C@@H]1C. The van der Waals surface area contributed by atoms with Gasteiger partial charge < -0.3 is 29.7 Å². The molecule has 0 saturated carbocycles. The Bertz CT molecular complexity index is 2030. The molecule has 46 heavy (non-hydrogen) atoms. The van der Waals surface area contributed by atoms with E-state index in [4.69, 9.17) is 9.47 Å². The maximum atomic E-state index is 14.1. The monoisotopic (exact) mass is 622 g/mol. The number of aldehydes is 1. The molecule has 8 bridgehead atoms. The fourth-order valence-electron chi connectivity index (χ4n) is 7.40. The van der Waals surface area contributed by atoms with Crippen molar-refractivity contribution in [2.75, 3.05) is 14.2 Å². The molecule has 1 saturated heterocycles. The zero-order valence-corrected chi connectivity index (χ0v) is 26.9. The molecule has 1 unspecified atom stereocenters. The minimum absolute atomic E-state index is 0.0185. The third-order valence-electron chi connectivity index (χ3n) is 9.90. The average Bonchev–Trinajstić information content (AvgIpc) is 3.79. The molecule has 6 rings (SSSR count). The molecule has 3 aromatic heterocycles. The Hall–Kier alpha value is -5.12. The van der Waals surface area contributed by atoms with E-state index in [2.05, 4.69) is 33.8 Å². The lowest BCUT2D eigenvalue weighted by molar-refractivity contribution is -0.141. The van der Waals surface area contributed by atoms with E-state index in [1.807, 2.05) is 39.0 Å². The lowest BCUT2D eigenvalue weighted by Gasteiger charge is -2.23. The number of nitrogens with one attached hydrogen (secondary N) is 4. The Balaban J connectivity index is 1.71. The Morgan fingerprint density at radius 3 is 2.33 bits per heavy atom. The van der Waals surface area contributed by atoms with Crippen LogP contribution in [0.25, 0.3) is 29.9 Å². The molecule has 238 valence electrons. The van der Waals surface area contributed by atoms with Crippen molar-refractivity contribution in [3.05, 3.63) is 84.7 Å². The van der Waals surface area contributed by atoms with Crippen molar-refractivity contribution in [3.8, 4) is 0 Å². The molecular weight excluding hydrogens is 584 g/mol. The number of esters is 2. The first-order chi connectivity index (χ1) is 22.1. The van der Waals surface area contributed by atoms with Crippen LogP contribution in [-0.4, -0.2) is 59.2 Å². The minimum Gasteiger partial charge on any atom is -0.469 e. The van der Waals surface area contributed by atoms with Gasteiger partial charge in [0.25, 0.3) is 0 Å². The molecule has 0 spiro atoms. The number of fused-ring (bicyclic) bond motifs is 8. The van der Waals surface area contributed by atoms with E-state index >= 15 is 0 Å². The van der Waals surface area contributed by atoms with Crippen LogP contribution in [0.5, 0.6) is 0 Å². The number of ketones is 1. The van der Waals surface area contributed by atoms with Crippen LogP contribution in [0.4, 0.5) is 0 Å². The second-order valence-electron chi connectivity index (χ2n) is 12.1. The van der Waals surface area contributed by atoms with E-state index in [0.29, 0.717) is 51.8 Å². The van der Waals surface area contributed by atoms with Gasteiger partial charge >= 0.3 is 11.9 Å². The van der Waals surface area contributed by atoms with Crippen molar-refractivity contribution >= 4 is 53.9 Å². The molecule has 3 aromatic rings. The van der Waals surface area contributed by atoms with E-state index in [0.717, 1.165) is 45.4 Å². The zero-order chi connectivity index (χ0) is 33.0. The molecule has 3 aliphatic rings. The van der Waals surface area contributed by atoms with Gasteiger partial charge in [0.1, 0.15) is 5.57 Å². The Morgan fingerprint density at radius 1 is 0.957 bits per heavy atom. The number of H-pyrrole nitrogens is 3. The molecule has 1 aliphatic carbocycles. The molecule has 0 aromatic carbocycles. The predicted octanol–water partition coefficient (Wildman–Crippen LogP) is 3.62. The molecule has 10 heteroatoms. The summed E-state index contributed by atoms with van der Waals surface area (Å²) in [6, 6.07) is -0.492. The number of rotatable bonds is 7. The minimum atomic E-state index is -0.712. The topological polar surface area (TPSA) is 146 Å². The summed E-state index contributed by atoms with van der Waals surface area (Å²) in [5, 5.41) is 5.05. The maximum absolute atomic E-state index is 14.1. The number of carbonyl (C=O) groups excluding carboxylic acids is 4. The number of ether oxygens (including phenoxy) is 2. The Kier molecular flexibility index (Phi) is 7.83. The van der Waals surface area contributed by atoms with Crippen molar-refractivity contribution in [1.82, 2.24) is 20.3 Å². The van der Waals surface area contributed by atoms with Gasteiger partial charge in [-0.2, -0.15) is 0 Å². The third kappa shape index (κ3) is 4.62. The van der Waals surface area contributed by atoms with Gasteiger partial charge in [-0.25, -0.2) is 4.79 Å². The molecule has 5 heterocycles. The van der Waals surface area contributed by atoms with E-state index in [1.165, 1.54) is 14.2 Å². The van der Waals surface area contributed by atoms with Crippen LogP contribution < -0.4 is 16.0 Å². The number of hydrogen-bond acceptors (Lipinski definition) is 7. The van der Waals surface area contributed by atoms with Crippen molar-refractivity contribution in [3.63, 3.8) is 0 Å². The lowest BCUT2D eigenvalue weighted by atomic mass is 9.82. The molecule has 1 fully saturated rings. The number of Topliss-reactive ketones (excluding diaryl/α,β-unsaturated/α-hetero) is 1. The fourth-order valence-corrected chi connectivity index (χ4v) is 7.40. The first-order valence-corrected chi connectivity index (χ1v) is 15.5. The van der Waals surface area contributed by atoms with Gasteiger partial charge in [-0.3, -0.25) is 14.4 Å². The molecule has 3 atom stereocenters. The van der Waals surface area contributed by atoms with Gasteiger partial charge in [-0.1, -0.05) is 26.5 Å². The summed E-state index contributed by atoms with van der Waals surface area (Å²) in [7, 11) is 2.63. The van der Waals surface area contributed by atoms with Crippen molar-refractivity contribution in [2.24, 2.45) is 11.8 Å². The van der Waals surface area contributed by atoms with Crippen LogP contribution in [0.2, 0.25) is 0 Å². The highest BCUT2D eigenvalue weighted by Crippen LogP contribution is 2.46. The van der Waals surface area contributed by atoms with Crippen molar-refractivity contribution < 1.29 is 28.7 Å². The normalized spacial score (nSPS) is 19.7. The van der Waals surface area contributed by atoms with E-state index in [9.17, 15) is 19.2 Å². The summed E-state index contributed by atoms with van der Waals surface area (Å²) in [6.07, 6.45) is 9.78. The smallest absolute Gasteiger partial charge is 0.342 e. The highest BCUT2D eigenvalue weighted by molar-refractivity contribution is 6.34. The van der Waals surface area contributed by atoms with Gasteiger partial charge in [0, 0.05) is 57.2 Å². The highest BCUT2D eigenvalue weighted by Gasteiger charge is 2.47. The first-order valence-electron chi connectivity index (χ1n) is 15.5. The molecular formula is C36H38N4O6. The summed E-state index contributed by atoms with van der Waals surface area (Å²) in [4.78, 5) is 62.5. The van der Waals surface area contributed by atoms with Crippen LogP contribution in [0, 0.1) is 25.7 Å². The first kappa shape index (κ1) is 30.9. The fraction of sp³-hybridized carbons (Fsp3) is 0.333. The molecule has 0 radical (unpaired) electrons. The van der Waals surface area contributed by atoms with Crippen molar-refractivity contribution in [1.29, 1.82) is 0 Å². The number of methoxy groups -OCH3 is 2. The molecule has 4 N–H and O–H groups in total. The summed E-state index contributed by atoms with van der Waals surface area (Å²) < 4.78 is 10.1. The quantitative estimate of drug-likeness (QED) is 0.179. The number of carbonyl (C=O) groups is 4. The van der Waals surface area contributed by atoms with Gasteiger partial charge in [-0.15, -0.1) is 0 Å². The van der Waals surface area contributed by atoms with Crippen LogP contribution in [0.15, 0.2) is 17.8 Å². The van der Waals surface area contributed by atoms with E-state index in [1.54, 1.807) is 6.08 Å². The van der Waals surface area contributed by atoms with Gasteiger partial charge in [0.2, 0.25) is 5.78 Å². The van der Waals surface area contributed by atoms with Gasteiger partial charge in [-0.05, 0) is 67.5 Å². The summed E-state index contributed by atoms with van der Waals surface area (Å²) in [6.45, 7) is 12.0. The summed E-state index contributed by atoms with van der Waals surface area (Å²) in [5.74, 6) is -1.70. The number of allylic oxidation sites excluding steroid dienone is 1. The molecule has 2 aliphatic heterocycles. The van der Waals surface area contributed by atoms with Gasteiger partial charge in [0.05, 0.1) is 36.9 Å². The number of aromatic amines is 3. The third-order valence-corrected chi connectivity index (χ3v) is 9.90. The summed E-state index contributed by atoms with van der Waals surface area (Å²) >= 11 is 0. The van der Waals surface area contributed by atoms with E-state index in [-0.39, 0.29) is 29.8 Å². The van der Waals surface area contributed by atoms with Crippen molar-refractivity contribution in [2.45, 2.75) is 53.0 Å². The van der Waals surface area contributed by atoms with Crippen LogP contribution in [0.3, 0.4) is 0 Å². The second-order valence-corrected chi connectivity index (χ2v) is 12.1. The molecule has 10 nitrogen and oxygen atoms in total. The van der Waals surface area contributed by atoms with Crippen LogP contribution >= 0.6 is 0 Å². The zero-order valence-electron chi connectivity index (χ0n) is 26.9. The standard InChI is InChI=1S/C36H38N4O6/c1-8-19-16(3)23-12-24-17(4)21(10-11-29(42)45-6)33(39-24)31-32(36(44)46-7)35(43)30-18(5)25(40-34(30)31)13-27-20(9-2)22(15-41)28(38-27)14-26(19)37-23/h8,12-15,17,21,33,37-40H,1,9-11H2,2-7H3/t17-,21-,33?/m0/s1. The van der Waals surface area contributed by atoms with Crippen LogP contribution in [0.1, 0.15) is 92.4 Å². The number of aromatic nitrogens is 3. The molecule has 0 amide bonds. The highest BCUT2D eigenvalue weighted by atomic mass is 16.5.